The van der Waals surface area contributed by atoms with Crippen molar-refractivity contribution in [2.45, 2.75) is 26.1 Å². The maximum Gasteiger partial charge on any atom is 0.416 e. The molecule has 5 nitrogen and oxygen atoms in total. The number of benzene rings is 2. The van der Waals surface area contributed by atoms with E-state index in [1.165, 1.54) is 12.1 Å². The maximum absolute atomic E-state index is 12.6. The number of halogens is 4. The molecule has 0 fully saturated rings. The van der Waals surface area contributed by atoms with Crippen molar-refractivity contribution in [1.29, 1.82) is 0 Å². The Hall–Kier alpha value is -2.30. The molecule has 0 bridgehead atoms. The lowest BCUT2D eigenvalue weighted by Gasteiger charge is -2.11. The van der Waals surface area contributed by atoms with Gasteiger partial charge in [-0.3, -0.25) is 0 Å². The zero-order valence-electron chi connectivity index (χ0n) is 15.9. The number of aromatic amines is 1. The molecule has 0 spiro atoms. The zero-order valence-corrected chi connectivity index (χ0v) is 18.2. The highest BCUT2D eigenvalue weighted by Gasteiger charge is 2.29. The molecule has 0 unspecified atom stereocenters. The van der Waals surface area contributed by atoms with Crippen LogP contribution in [0.3, 0.4) is 0 Å². The summed E-state index contributed by atoms with van der Waals surface area (Å²) in [6.45, 7) is 3.55. The van der Waals surface area contributed by atoms with Gasteiger partial charge in [-0.25, -0.2) is 9.98 Å². The lowest BCUT2D eigenvalue weighted by molar-refractivity contribution is -0.137. The summed E-state index contributed by atoms with van der Waals surface area (Å²) in [6.07, 6.45) is -3.63. The fourth-order valence-corrected chi connectivity index (χ4v) is 2.73. The van der Waals surface area contributed by atoms with Crippen molar-refractivity contribution in [3.63, 3.8) is 0 Å². The summed E-state index contributed by atoms with van der Waals surface area (Å²) >= 11 is 0. The molecular weight excluding hydrogens is 494 g/mol. The number of para-hydroxylation sites is 2. The first-order valence-corrected chi connectivity index (χ1v) is 9.07. The highest BCUT2D eigenvalue weighted by atomic mass is 127. The Labute approximate surface area is 184 Å². The van der Waals surface area contributed by atoms with Crippen molar-refractivity contribution in [3.8, 4) is 0 Å². The summed E-state index contributed by atoms with van der Waals surface area (Å²) in [5, 5.41) is 6.35. The van der Waals surface area contributed by atoms with Gasteiger partial charge in [0.15, 0.2) is 5.96 Å². The number of nitrogens with one attached hydrogen (secondary N) is 3. The molecule has 2 aromatic carbocycles. The molecule has 9 heteroatoms. The topological polar surface area (TPSA) is 65.1 Å². The second-order valence-electron chi connectivity index (χ2n) is 6.27. The molecule has 1 aromatic heterocycles. The Balaban J connectivity index is 0.00000300. The van der Waals surface area contributed by atoms with Crippen LogP contribution >= 0.6 is 24.0 Å². The van der Waals surface area contributed by atoms with Gasteiger partial charge >= 0.3 is 6.18 Å². The minimum Gasteiger partial charge on any atom is -0.357 e. The van der Waals surface area contributed by atoms with Crippen LogP contribution in [0, 0.1) is 0 Å². The predicted octanol–water partition coefficient (Wildman–Crippen LogP) is 4.50. The molecule has 0 saturated heterocycles. The van der Waals surface area contributed by atoms with Crippen molar-refractivity contribution in [2.75, 3.05) is 13.1 Å². The molecule has 0 radical (unpaired) electrons. The standard InChI is InChI=1S/C20H22F3N5.HI/c1-2-24-19(26-13-14-7-9-15(10-8-14)20(21,22)23)25-12-11-18-27-16-5-3-4-6-17(16)28-18;/h3-10H,2,11-13H2,1H3,(H,27,28)(H2,24,25,26);1H. The SMILES string of the molecule is CCNC(=NCc1ccc(C(F)(F)F)cc1)NCCc1nc2ccccc2[nH]1.I. The fourth-order valence-electron chi connectivity index (χ4n) is 2.73. The predicted molar refractivity (Wildman–Crippen MR) is 119 cm³/mol. The summed E-state index contributed by atoms with van der Waals surface area (Å²) in [4.78, 5) is 12.2. The maximum atomic E-state index is 12.6. The molecule has 0 aliphatic rings. The molecule has 0 saturated carbocycles. The zero-order chi connectivity index (χ0) is 20.0. The van der Waals surface area contributed by atoms with E-state index in [2.05, 4.69) is 25.6 Å². The lowest BCUT2D eigenvalue weighted by atomic mass is 10.1. The Kier molecular flexibility index (Phi) is 8.30. The van der Waals surface area contributed by atoms with E-state index in [1.807, 2.05) is 31.2 Å². The first kappa shape index (κ1) is 23.0. The second kappa shape index (κ2) is 10.5. The highest BCUT2D eigenvalue weighted by Crippen LogP contribution is 2.29. The van der Waals surface area contributed by atoms with Crippen LogP contribution in [0.2, 0.25) is 0 Å². The Morgan fingerprint density at radius 3 is 2.45 bits per heavy atom. The van der Waals surface area contributed by atoms with E-state index in [4.69, 9.17) is 0 Å². The summed E-state index contributed by atoms with van der Waals surface area (Å²) in [7, 11) is 0. The third-order valence-electron chi connectivity index (χ3n) is 4.14. The largest absolute Gasteiger partial charge is 0.416 e. The quantitative estimate of drug-likeness (QED) is 0.257. The van der Waals surface area contributed by atoms with Crippen LogP contribution in [0.4, 0.5) is 13.2 Å². The van der Waals surface area contributed by atoms with Gasteiger partial charge < -0.3 is 15.6 Å². The molecule has 0 amide bonds. The number of rotatable bonds is 6. The van der Waals surface area contributed by atoms with Crippen molar-refractivity contribution in [3.05, 3.63) is 65.5 Å². The van der Waals surface area contributed by atoms with Gasteiger partial charge in [-0.2, -0.15) is 13.2 Å². The number of alkyl halides is 3. The number of imidazole rings is 1. The van der Waals surface area contributed by atoms with E-state index >= 15 is 0 Å². The highest BCUT2D eigenvalue weighted by molar-refractivity contribution is 14.0. The molecule has 1 heterocycles. The normalized spacial score (nSPS) is 11.9. The van der Waals surface area contributed by atoms with Crippen LogP contribution in [0.15, 0.2) is 53.5 Å². The van der Waals surface area contributed by atoms with Gasteiger partial charge in [0.2, 0.25) is 0 Å². The number of nitrogens with zero attached hydrogens (tertiary/aromatic N) is 2. The first-order chi connectivity index (χ1) is 13.5. The van der Waals surface area contributed by atoms with Crippen LogP contribution in [0.5, 0.6) is 0 Å². The minimum absolute atomic E-state index is 0. The van der Waals surface area contributed by atoms with E-state index in [9.17, 15) is 13.2 Å². The third-order valence-corrected chi connectivity index (χ3v) is 4.14. The van der Waals surface area contributed by atoms with Crippen LogP contribution < -0.4 is 10.6 Å². The number of fused-ring (bicyclic) bond motifs is 1. The van der Waals surface area contributed by atoms with Gasteiger partial charge in [0.05, 0.1) is 23.1 Å². The van der Waals surface area contributed by atoms with Crippen molar-refractivity contribution >= 4 is 41.0 Å². The number of guanidine groups is 1. The van der Waals surface area contributed by atoms with Crippen LogP contribution in [-0.4, -0.2) is 29.0 Å². The molecule has 0 atom stereocenters. The smallest absolute Gasteiger partial charge is 0.357 e. The number of hydrogen-bond donors (Lipinski definition) is 3. The summed E-state index contributed by atoms with van der Waals surface area (Å²) in [5.41, 5.74) is 1.99. The van der Waals surface area contributed by atoms with Crippen LogP contribution in [0.1, 0.15) is 23.9 Å². The first-order valence-electron chi connectivity index (χ1n) is 9.07. The second-order valence-corrected chi connectivity index (χ2v) is 6.27. The van der Waals surface area contributed by atoms with Crippen LogP contribution in [0.25, 0.3) is 11.0 Å². The third kappa shape index (κ3) is 6.62. The molecule has 156 valence electrons. The molecule has 3 aromatic rings. The van der Waals surface area contributed by atoms with Gasteiger partial charge in [-0.05, 0) is 36.8 Å². The number of aromatic nitrogens is 2. The summed E-state index contributed by atoms with van der Waals surface area (Å²) < 4.78 is 37.9. The van der Waals surface area contributed by atoms with E-state index in [-0.39, 0.29) is 30.5 Å². The van der Waals surface area contributed by atoms with E-state index in [1.54, 1.807) is 0 Å². The molecule has 0 aliphatic carbocycles. The van der Waals surface area contributed by atoms with Gasteiger partial charge in [-0.15, -0.1) is 24.0 Å². The van der Waals surface area contributed by atoms with E-state index < -0.39 is 11.7 Å². The summed E-state index contributed by atoms with van der Waals surface area (Å²) in [6, 6.07) is 12.9. The molecule has 29 heavy (non-hydrogen) atoms. The van der Waals surface area contributed by atoms with Gasteiger partial charge in [0.25, 0.3) is 0 Å². The van der Waals surface area contributed by atoms with Gasteiger partial charge in [-0.1, -0.05) is 24.3 Å². The number of aliphatic imine (C=N–C) groups is 1. The molecule has 0 aliphatic heterocycles. The number of H-pyrrole nitrogens is 1. The summed E-state index contributed by atoms with van der Waals surface area (Å²) in [5.74, 6) is 1.49. The monoisotopic (exact) mass is 517 g/mol. The van der Waals surface area contributed by atoms with Gasteiger partial charge in [0.1, 0.15) is 5.82 Å². The van der Waals surface area contributed by atoms with E-state index in [0.717, 1.165) is 29.0 Å². The van der Waals surface area contributed by atoms with Crippen LogP contribution in [-0.2, 0) is 19.1 Å². The van der Waals surface area contributed by atoms with Crippen molar-refractivity contribution in [1.82, 2.24) is 20.6 Å². The van der Waals surface area contributed by atoms with Gasteiger partial charge in [0, 0.05) is 19.5 Å². The number of hydrogen-bond acceptors (Lipinski definition) is 2. The average Bonchev–Trinajstić information content (AvgIpc) is 3.08. The molecule has 3 N–H and O–H groups in total. The molecular formula is C20H23F3IN5. The lowest BCUT2D eigenvalue weighted by Crippen LogP contribution is -2.38. The van der Waals surface area contributed by atoms with Crippen molar-refractivity contribution in [2.24, 2.45) is 4.99 Å². The Morgan fingerprint density at radius 2 is 1.79 bits per heavy atom. The molecule has 3 rings (SSSR count). The fraction of sp³-hybridized carbons (Fsp3) is 0.300. The minimum atomic E-state index is -4.32. The van der Waals surface area contributed by atoms with Crippen molar-refractivity contribution < 1.29 is 13.2 Å². The Bertz CT molecular complexity index is 902. The average molecular weight is 517 g/mol. The van der Waals surface area contributed by atoms with E-state index in [0.29, 0.717) is 31.0 Å². The Morgan fingerprint density at radius 1 is 1.07 bits per heavy atom.